The molecule has 0 saturated heterocycles. The molecule has 4 rings (SSSR count). The van der Waals surface area contributed by atoms with E-state index >= 15 is 0 Å². The molecule has 162 valence electrons. The number of nitrogens with one attached hydrogen (secondary N) is 2. The Morgan fingerprint density at radius 3 is 2.55 bits per heavy atom. The fraction of sp³-hybridized carbons (Fsp3) is 0.348. The van der Waals surface area contributed by atoms with E-state index in [4.69, 9.17) is 4.98 Å². The van der Waals surface area contributed by atoms with Crippen LogP contribution >= 0.6 is 11.3 Å². The summed E-state index contributed by atoms with van der Waals surface area (Å²) in [5.41, 5.74) is 5.48. The third-order valence-electron chi connectivity index (χ3n) is 5.21. The van der Waals surface area contributed by atoms with Crippen LogP contribution in [0.1, 0.15) is 44.2 Å². The van der Waals surface area contributed by atoms with E-state index in [0.29, 0.717) is 30.8 Å². The maximum atomic E-state index is 9.21. The largest absolute Gasteiger partial charge is 0.396 e. The van der Waals surface area contributed by atoms with Crippen molar-refractivity contribution in [3.05, 3.63) is 58.4 Å². The predicted molar refractivity (Wildman–Crippen MR) is 127 cm³/mol. The van der Waals surface area contributed by atoms with Crippen LogP contribution in [-0.4, -0.2) is 37.3 Å². The molecule has 4 aromatic rings. The number of rotatable bonds is 9. The lowest BCUT2D eigenvalue weighted by Gasteiger charge is -2.15. The average Bonchev–Trinajstić information content (AvgIpc) is 3.43. The highest BCUT2D eigenvalue weighted by molar-refractivity contribution is 7.08. The van der Waals surface area contributed by atoms with E-state index in [-0.39, 0.29) is 12.6 Å². The molecule has 0 unspecified atom stereocenters. The lowest BCUT2D eigenvalue weighted by molar-refractivity contribution is 0.282. The molecule has 3 aromatic heterocycles. The summed E-state index contributed by atoms with van der Waals surface area (Å²) in [4.78, 5) is 9.35. The lowest BCUT2D eigenvalue weighted by Crippen LogP contribution is -2.20. The van der Waals surface area contributed by atoms with Gasteiger partial charge in [0.05, 0.1) is 6.20 Å². The van der Waals surface area contributed by atoms with Crippen LogP contribution in [0.5, 0.6) is 0 Å². The summed E-state index contributed by atoms with van der Waals surface area (Å²) in [6.45, 7) is 7.00. The quantitative estimate of drug-likeness (QED) is 0.350. The number of benzene rings is 1. The van der Waals surface area contributed by atoms with Gasteiger partial charge in [0.1, 0.15) is 0 Å². The molecule has 8 heteroatoms. The van der Waals surface area contributed by atoms with Gasteiger partial charge in [-0.2, -0.15) is 30.9 Å². The van der Waals surface area contributed by atoms with Crippen LogP contribution in [0.15, 0.2) is 47.3 Å². The Morgan fingerprint density at radius 1 is 1.06 bits per heavy atom. The van der Waals surface area contributed by atoms with E-state index in [1.54, 1.807) is 15.9 Å². The van der Waals surface area contributed by atoms with E-state index in [2.05, 4.69) is 75.7 Å². The lowest BCUT2D eigenvalue weighted by atomic mass is 10.1. The van der Waals surface area contributed by atoms with Crippen LogP contribution in [0.4, 0.5) is 11.9 Å². The maximum Gasteiger partial charge on any atom is 0.229 e. The zero-order chi connectivity index (χ0) is 21.8. The number of aromatic nitrogens is 4. The Morgan fingerprint density at radius 2 is 1.87 bits per heavy atom. The van der Waals surface area contributed by atoms with E-state index < -0.39 is 0 Å². The number of nitrogens with zero attached hydrogens (tertiary/aromatic N) is 4. The highest BCUT2D eigenvalue weighted by Gasteiger charge is 2.16. The molecule has 0 aliphatic carbocycles. The number of fused-ring (bicyclic) bond motifs is 1. The van der Waals surface area contributed by atoms with Crippen LogP contribution in [0.2, 0.25) is 0 Å². The van der Waals surface area contributed by atoms with Gasteiger partial charge >= 0.3 is 0 Å². The van der Waals surface area contributed by atoms with Gasteiger partial charge in [-0.05, 0) is 52.8 Å². The molecule has 7 nitrogen and oxygen atoms in total. The Balaban J connectivity index is 1.58. The van der Waals surface area contributed by atoms with Crippen molar-refractivity contribution >= 4 is 28.9 Å². The molecule has 0 fully saturated rings. The van der Waals surface area contributed by atoms with Gasteiger partial charge in [-0.3, -0.25) is 0 Å². The maximum absolute atomic E-state index is 9.21. The second-order valence-corrected chi connectivity index (χ2v) is 8.76. The van der Waals surface area contributed by atoms with Crippen LogP contribution in [0.3, 0.4) is 0 Å². The normalized spacial score (nSPS) is 12.4. The number of thiophene rings is 1. The number of aliphatic hydroxyl groups is 1. The van der Waals surface area contributed by atoms with Crippen molar-refractivity contribution in [1.29, 1.82) is 0 Å². The fourth-order valence-electron chi connectivity index (χ4n) is 3.39. The van der Waals surface area contributed by atoms with Crippen molar-refractivity contribution in [1.82, 2.24) is 19.6 Å². The van der Waals surface area contributed by atoms with Gasteiger partial charge in [-0.15, -0.1) is 0 Å². The molecule has 0 saturated carbocycles. The van der Waals surface area contributed by atoms with E-state index in [1.165, 1.54) is 11.1 Å². The first kappa shape index (κ1) is 21.3. The Kier molecular flexibility index (Phi) is 6.48. The minimum atomic E-state index is 0.0652. The summed E-state index contributed by atoms with van der Waals surface area (Å²) in [7, 11) is 0. The van der Waals surface area contributed by atoms with Crippen molar-refractivity contribution < 1.29 is 5.11 Å². The molecule has 31 heavy (non-hydrogen) atoms. The van der Waals surface area contributed by atoms with Gasteiger partial charge in [0.25, 0.3) is 0 Å². The molecule has 0 bridgehead atoms. The van der Waals surface area contributed by atoms with Gasteiger partial charge in [-0.25, -0.2) is 0 Å². The van der Waals surface area contributed by atoms with Gasteiger partial charge < -0.3 is 15.7 Å². The standard InChI is InChI=1S/C23H28N6OS/c1-15(2)20-13-25-29-21(20)27-22(26-16(3)8-10-30)28-23(29)24-12-17-4-6-18(7-5-17)19-9-11-31-14-19/h4-7,9,11,13-16,30H,8,10,12H2,1-3H3,(H2,24,26,27,28)/t16-/m1/s1. The molecule has 1 aromatic carbocycles. The van der Waals surface area contributed by atoms with E-state index in [9.17, 15) is 5.11 Å². The first-order valence-electron chi connectivity index (χ1n) is 10.5. The third kappa shape index (κ3) is 4.86. The average molecular weight is 437 g/mol. The molecule has 1 atom stereocenters. The molecular weight excluding hydrogens is 408 g/mol. The molecule has 3 heterocycles. The van der Waals surface area contributed by atoms with Crippen molar-refractivity contribution in [3.8, 4) is 11.1 Å². The smallest absolute Gasteiger partial charge is 0.229 e. The summed E-state index contributed by atoms with van der Waals surface area (Å²) in [5.74, 6) is 1.47. The minimum absolute atomic E-state index is 0.0652. The zero-order valence-corrected chi connectivity index (χ0v) is 18.9. The van der Waals surface area contributed by atoms with Crippen LogP contribution < -0.4 is 10.6 Å². The van der Waals surface area contributed by atoms with Crippen molar-refractivity contribution in [2.24, 2.45) is 0 Å². The Hall–Kier alpha value is -2.97. The summed E-state index contributed by atoms with van der Waals surface area (Å²) in [5, 5.41) is 24.7. The number of anilines is 2. The third-order valence-corrected chi connectivity index (χ3v) is 5.90. The number of hydrogen-bond acceptors (Lipinski definition) is 7. The molecular formula is C23H28N6OS. The molecule has 0 aliphatic rings. The number of aliphatic hydroxyl groups excluding tert-OH is 1. The highest BCUT2D eigenvalue weighted by Crippen LogP contribution is 2.24. The SMILES string of the molecule is CC(C)c1cnn2c(NCc3ccc(-c4ccsc4)cc3)nc(N[C@H](C)CCO)nc12. The van der Waals surface area contributed by atoms with Gasteiger partial charge in [0.15, 0.2) is 5.65 Å². The molecule has 0 radical (unpaired) electrons. The van der Waals surface area contributed by atoms with E-state index in [1.807, 2.05) is 13.1 Å². The predicted octanol–water partition coefficient (Wildman–Crippen LogP) is 4.77. The Labute approximate surface area is 186 Å². The summed E-state index contributed by atoms with van der Waals surface area (Å²) in [6.07, 6.45) is 2.49. The molecule has 0 aliphatic heterocycles. The fourth-order valence-corrected chi connectivity index (χ4v) is 4.06. The van der Waals surface area contributed by atoms with Crippen molar-refractivity contribution in [3.63, 3.8) is 0 Å². The first-order valence-corrected chi connectivity index (χ1v) is 11.5. The molecule has 3 N–H and O–H groups in total. The van der Waals surface area contributed by atoms with Crippen molar-refractivity contribution in [2.45, 2.75) is 45.7 Å². The Bertz CT molecular complexity index is 1120. The number of hydrogen-bond donors (Lipinski definition) is 3. The summed E-state index contributed by atoms with van der Waals surface area (Å²) < 4.78 is 1.76. The van der Waals surface area contributed by atoms with Gasteiger partial charge in [-0.1, -0.05) is 38.1 Å². The first-order chi connectivity index (χ1) is 15.0. The van der Waals surface area contributed by atoms with Crippen LogP contribution in [-0.2, 0) is 6.54 Å². The second kappa shape index (κ2) is 9.45. The topological polar surface area (TPSA) is 87.4 Å². The van der Waals surface area contributed by atoms with Gasteiger partial charge in [0.2, 0.25) is 11.9 Å². The van der Waals surface area contributed by atoms with Crippen molar-refractivity contribution in [2.75, 3.05) is 17.2 Å². The second-order valence-electron chi connectivity index (χ2n) is 7.98. The molecule has 0 amide bonds. The zero-order valence-electron chi connectivity index (χ0n) is 18.0. The van der Waals surface area contributed by atoms with E-state index in [0.717, 1.165) is 16.8 Å². The van der Waals surface area contributed by atoms with Crippen LogP contribution in [0.25, 0.3) is 16.8 Å². The monoisotopic (exact) mass is 436 g/mol. The molecule has 0 spiro atoms. The highest BCUT2D eigenvalue weighted by atomic mass is 32.1. The van der Waals surface area contributed by atoms with Crippen LogP contribution in [0, 0.1) is 0 Å². The summed E-state index contributed by atoms with van der Waals surface area (Å²) in [6, 6.07) is 10.7. The summed E-state index contributed by atoms with van der Waals surface area (Å²) >= 11 is 1.70. The minimum Gasteiger partial charge on any atom is -0.396 e. The van der Waals surface area contributed by atoms with Gasteiger partial charge in [0, 0.05) is 24.8 Å².